The summed E-state index contributed by atoms with van der Waals surface area (Å²) in [5.74, 6) is -0.924. The van der Waals surface area contributed by atoms with E-state index >= 15 is 0 Å². The zero-order valence-electron chi connectivity index (χ0n) is 14.8. The second-order valence-electron chi connectivity index (χ2n) is 6.85. The number of alkyl halides is 2. The largest absolute Gasteiger partial charge is 0.377 e. The number of amidine groups is 1. The van der Waals surface area contributed by atoms with Gasteiger partial charge in [0.1, 0.15) is 11.7 Å². The van der Waals surface area contributed by atoms with Crippen LogP contribution >= 0.6 is 15.9 Å². The van der Waals surface area contributed by atoms with Crippen molar-refractivity contribution >= 4 is 27.7 Å². The Morgan fingerprint density at radius 3 is 2.86 bits per heavy atom. The molecule has 3 atom stereocenters. The van der Waals surface area contributed by atoms with Crippen molar-refractivity contribution in [2.24, 2.45) is 4.99 Å². The molecule has 1 fully saturated rings. The maximum Gasteiger partial charge on any atom is 0.266 e. The van der Waals surface area contributed by atoms with Crippen LogP contribution in [0.3, 0.4) is 0 Å². The molecular formula is C19H17BrF3N3O2. The van der Waals surface area contributed by atoms with Crippen molar-refractivity contribution in [3.8, 4) is 0 Å². The number of carbonyl (C=O) groups is 1. The molecule has 3 aliphatic heterocycles. The highest BCUT2D eigenvalue weighted by molar-refractivity contribution is 9.11. The fourth-order valence-electron chi connectivity index (χ4n) is 3.63. The van der Waals surface area contributed by atoms with Crippen LogP contribution in [0.25, 0.3) is 0 Å². The molecule has 1 N–H and O–H groups in total. The van der Waals surface area contributed by atoms with Gasteiger partial charge < -0.3 is 15.0 Å². The first-order valence-corrected chi connectivity index (χ1v) is 9.56. The molecule has 9 heteroatoms. The number of aliphatic imine (C=N–C) groups is 1. The van der Waals surface area contributed by atoms with Gasteiger partial charge in [-0.05, 0) is 28.9 Å². The summed E-state index contributed by atoms with van der Waals surface area (Å²) in [5.41, 5.74) is -0.339. The molecule has 1 aromatic carbocycles. The van der Waals surface area contributed by atoms with Crippen LogP contribution in [0.15, 0.2) is 45.5 Å². The monoisotopic (exact) mass is 455 g/mol. The minimum atomic E-state index is -2.92. The molecular weight excluding hydrogens is 439 g/mol. The molecule has 1 aromatic rings. The molecule has 0 spiro atoms. The van der Waals surface area contributed by atoms with Gasteiger partial charge in [0, 0.05) is 16.2 Å². The van der Waals surface area contributed by atoms with Gasteiger partial charge in [-0.3, -0.25) is 9.79 Å². The van der Waals surface area contributed by atoms with Crippen molar-refractivity contribution in [3.05, 3.63) is 57.5 Å². The maximum absolute atomic E-state index is 14.4. The van der Waals surface area contributed by atoms with E-state index in [1.54, 1.807) is 13.0 Å². The molecule has 0 saturated carbocycles. The molecule has 1 saturated heterocycles. The number of fused-ring (bicyclic) bond motifs is 3. The van der Waals surface area contributed by atoms with E-state index < -0.39 is 29.8 Å². The average molecular weight is 456 g/mol. The van der Waals surface area contributed by atoms with E-state index in [1.165, 1.54) is 12.1 Å². The lowest BCUT2D eigenvalue weighted by Gasteiger charge is -2.27. The van der Waals surface area contributed by atoms with Gasteiger partial charge in [-0.2, -0.15) is 0 Å². The number of benzene rings is 1. The van der Waals surface area contributed by atoms with Crippen LogP contribution in [0, 0.1) is 5.82 Å². The Labute approximate surface area is 168 Å². The van der Waals surface area contributed by atoms with Crippen LogP contribution in [-0.2, 0) is 9.53 Å². The number of ether oxygens (including phenoxy) is 1. The molecule has 1 amide bonds. The normalized spacial score (nSPS) is 24.4. The molecule has 0 radical (unpaired) electrons. The highest BCUT2D eigenvalue weighted by Crippen LogP contribution is 2.33. The van der Waals surface area contributed by atoms with Gasteiger partial charge in [0.2, 0.25) is 0 Å². The topological polar surface area (TPSA) is 53.9 Å². The number of rotatable bonds is 4. The van der Waals surface area contributed by atoms with E-state index in [2.05, 4.69) is 26.2 Å². The maximum atomic E-state index is 14.4. The Hall–Kier alpha value is -2.13. The van der Waals surface area contributed by atoms with Gasteiger partial charge >= 0.3 is 0 Å². The highest BCUT2D eigenvalue weighted by atomic mass is 79.9. The fourth-order valence-corrected chi connectivity index (χ4v) is 4.08. The molecule has 0 bridgehead atoms. The summed E-state index contributed by atoms with van der Waals surface area (Å²) in [5, 5.41) is 2.69. The quantitative estimate of drug-likeness (QED) is 0.754. The van der Waals surface area contributed by atoms with Gasteiger partial charge in [-0.1, -0.05) is 18.2 Å². The Balaban J connectivity index is 1.57. The van der Waals surface area contributed by atoms with Crippen molar-refractivity contribution in [3.63, 3.8) is 0 Å². The third-order valence-electron chi connectivity index (χ3n) is 5.05. The van der Waals surface area contributed by atoms with E-state index in [0.717, 1.165) is 6.07 Å². The van der Waals surface area contributed by atoms with Crippen molar-refractivity contribution in [1.29, 1.82) is 0 Å². The lowest BCUT2D eigenvalue weighted by atomic mass is 10.0. The predicted molar refractivity (Wildman–Crippen MR) is 101 cm³/mol. The summed E-state index contributed by atoms with van der Waals surface area (Å²) >= 11 is 3.40. The first-order chi connectivity index (χ1) is 13.4. The fraction of sp³-hybridized carbons (Fsp3) is 0.368. The average Bonchev–Trinajstić information content (AvgIpc) is 3.22. The minimum Gasteiger partial charge on any atom is -0.377 e. The third kappa shape index (κ3) is 3.26. The first kappa shape index (κ1) is 19.2. The predicted octanol–water partition coefficient (Wildman–Crippen LogP) is 3.60. The Morgan fingerprint density at radius 2 is 2.11 bits per heavy atom. The SMILES string of the molecule is C[C@@H](NC(=O)C1=CC(Br)=CN2C1=N[C@@H]1COC[C@@H]12)c1cccc(C(F)F)c1F. The number of amides is 1. The second kappa shape index (κ2) is 7.36. The van der Waals surface area contributed by atoms with Gasteiger partial charge in [-0.25, -0.2) is 13.2 Å². The lowest BCUT2D eigenvalue weighted by Crippen LogP contribution is -2.41. The third-order valence-corrected chi connectivity index (χ3v) is 5.48. The molecule has 0 aromatic heterocycles. The van der Waals surface area contributed by atoms with Crippen molar-refractivity contribution in [1.82, 2.24) is 10.2 Å². The number of hydrogen-bond donors (Lipinski definition) is 1. The number of carbonyl (C=O) groups excluding carboxylic acids is 1. The molecule has 3 heterocycles. The summed E-state index contributed by atoms with van der Waals surface area (Å²) in [6.07, 6.45) is 0.572. The lowest BCUT2D eigenvalue weighted by molar-refractivity contribution is -0.117. The highest BCUT2D eigenvalue weighted by Gasteiger charge is 2.43. The number of nitrogens with zero attached hydrogens (tertiary/aromatic N) is 2. The Kier molecular flexibility index (Phi) is 5.05. The smallest absolute Gasteiger partial charge is 0.266 e. The summed E-state index contributed by atoms with van der Waals surface area (Å²) in [4.78, 5) is 19.4. The summed E-state index contributed by atoms with van der Waals surface area (Å²) in [6, 6.07) is 2.98. The Bertz CT molecular complexity index is 916. The van der Waals surface area contributed by atoms with E-state index in [4.69, 9.17) is 4.74 Å². The molecule has 148 valence electrons. The van der Waals surface area contributed by atoms with Crippen molar-refractivity contribution in [2.45, 2.75) is 31.5 Å². The van der Waals surface area contributed by atoms with Crippen molar-refractivity contribution < 1.29 is 22.7 Å². The molecule has 5 nitrogen and oxygen atoms in total. The van der Waals surface area contributed by atoms with E-state index in [0.29, 0.717) is 29.1 Å². The summed E-state index contributed by atoms with van der Waals surface area (Å²) in [6.45, 7) is 2.56. The van der Waals surface area contributed by atoms with Gasteiger partial charge in [-0.15, -0.1) is 0 Å². The van der Waals surface area contributed by atoms with E-state index in [-0.39, 0.29) is 17.6 Å². The van der Waals surface area contributed by atoms with Crippen LogP contribution in [0.1, 0.15) is 30.5 Å². The number of allylic oxidation sites excluding steroid dienone is 2. The molecule has 4 rings (SSSR count). The van der Waals surface area contributed by atoms with Crippen LogP contribution in [0.5, 0.6) is 0 Å². The molecule has 3 aliphatic rings. The summed E-state index contributed by atoms with van der Waals surface area (Å²) < 4.78 is 46.4. The first-order valence-electron chi connectivity index (χ1n) is 8.77. The van der Waals surface area contributed by atoms with Crippen molar-refractivity contribution in [2.75, 3.05) is 13.2 Å². The molecule has 0 aliphatic carbocycles. The Morgan fingerprint density at radius 1 is 1.36 bits per heavy atom. The van der Waals surface area contributed by atoms with Gasteiger partial charge in [0.25, 0.3) is 12.3 Å². The van der Waals surface area contributed by atoms with Gasteiger partial charge in [0.15, 0.2) is 0 Å². The number of halogens is 4. The minimum absolute atomic E-state index is 0.00709. The van der Waals surface area contributed by atoms with E-state index in [1.807, 2.05) is 11.1 Å². The van der Waals surface area contributed by atoms with Crippen LogP contribution < -0.4 is 5.32 Å². The van der Waals surface area contributed by atoms with Crippen LogP contribution in [0.4, 0.5) is 13.2 Å². The zero-order chi connectivity index (χ0) is 20.0. The second-order valence-corrected chi connectivity index (χ2v) is 7.77. The standard InChI is InChI=1S/C19H17BrF3N3O2/c1-9(11-3-2-4-12(16(11)21)17(22)23)24-19(27)13-5-10(20)6-26-15-8-28-7-14(15)25-18(13)26/h2-6,9,14-15,17H,7-8H2,1H3,(H,24,27)/t9-,14-,15+/m1/s1. The molecule has 28 heavy (non-hydrogen) atoms. The van der Waals surface area contributed by atoms with E-state index in [9.17, 15) is 18.0 Å². The summed E-state index contributed by atoms with van der Waals surface area (Å²) in [7, 11) is 0. The molecule has 0 unspecified atom stereocenters. The number of nitrogens with one attached hydrogen (secondary N) is 1. The zero-order valence-corrected chi connectivity index (χ0v) is 16.4. The van der Waals surface area contributed by atoms with Gasteiger partial charge in [0.05, 0.1) is 42.5 Å². The number of hydrogen-bond acceptors (Lipinski definition) is 4. The van der Waals surface area contributed by atoms with Crippen LogP contribution in [0.2, 0.25) is 0 Å². The van der Waals surface area contributed by atoms with Crippen LogP contribution in [-0.4, -0.2) is 41.9 Å².